The molecule has 220 valence electrons. The molecule has 0 bridgehead atoms. The summed E-state index contributed by atoms with van der Waals surface area (Å²) in [5.74, 6) is -0.750. The lowest BCUT2D eigenvalue weighted by atomic mass is 10.1. The monoisotopic (exact) mass is 597 g/mol. The molecule has 2 atom stereocenters. The molecule has 0 spiro atoms. The van der Waals surface area contributed by atoms with E-state index >= 15 is 0 Å². The number of hydrogen-bond acceptors (Lipinski definition) is 4. The summed E-state index contributed by atoms with van der Waals surface area (Å²) in [6.45, 7) is 11.0. The first kappa shape index (κ1) is 32.2. The number of amides is 2. The molecule has 0 aromatic heterocycles. The summed E-state index contributed by atoms with van der Waals surface area (Å²) in [5.41, 5.74) is 3.77. The van der Waals surface area contributed by atoms with Crippen molar-refractivity contribution in [3.05, 3.63) is 94.0 Å². The maximum absolute atomic E-state index is 14.2. The summed E-state index contributed by atoms with van der Waals surface area (Å²) in [4.78, 5) is 29.1. The van der Waals surface area contributed by atoms with Crippen LogP contribution in [-0.4, -0.2) is 43.8 Å². The van der Waals surface area contributed by atoms with Crippen molar-refractivity contribution in [2.24, 2.45) is 0 Å². The predicted octanol–water partition coefficient (Wildman–Crippen LogP) is 6.18. The van der Waals surface area contributed by atoms with Gasteiger partial charge < -0.3 is 10.2 Å². The second-order valence-electron chi connectivity index (χ2n) is 10.5. The number of carbonyl (C=O) groups excluding carboxylic acids is 2. The molecule has 0 fully saturated rings. The molecule has 9 heteroatoms. The molecule has 3 aromatic rings. The van der Waals surface area contributed by atoms with Crippen LogP contribution in [0.15, 0.2) is 71.6 Å². The van der Waals surface area contributed by atoms with Gasteiger partial charge in [0.15, 0.2) is 0 Å². The second-order valence-corrected chi connectivity index (χ2v) is 12.8. The number of aryl methyl sites for hydroxylation is 3. The van der Waals surface area contributed by atoms with Crippen molar-refractivity contribution in [1.82, 2.24) is 10.2 Å². The summed E-state index contributed by atoms with van der Waals surface area (Å²) in [6.07, 6.45) is 1.11. The molecular formula is C32H40ClN3O4S. The van der Waals surface area contributed by atoms with Crippen molar-refractivity contribution in [3.63, 3.8) is 0 Å². The zero-order valence-corrected chi connectivity index (χ0v) is 26.2. The second kappa shape index (κ2) is 14.0. The number of rotatable bonds is 12. The summed E-state index contributed by atoms with van der Waals surface area (Å²) in [6, 6.07) is 18.3. The van der Waals surface area contributed by atoms with Gasteiger partial charge in [0.2, 0.25) is 11.8 Å². The number of nitrogens with one attached hydrogen (secondary N) is 1. The van der Waals surface area contributed by atoms with Gasteiger partial charge >= 0.3 is 0 Å². The Morgan fingerprint density at radius 2 is 1.46 bits per heavy atom. The molecule has 41 heavy (non-hydrogen) atoms. The van der Waals surface area contributed by atoms with Crippen molar-refractivity contribution < 1.29 is 18.0 Å². The lowest BCUT2D eigenvalue weighted by Crippen LogP contribution is -2.53. The zero-order chi connectivity index (χ0) is 30.3. The minimum absolute atomic E-state index is 0.0666. The van der Waals surface area contributed by atoms with E-state index in [1.807, 2.05) is 58.9 Å². The third kappa shape index (κ3) is 8.11. The molecule has 0 heterocycles. The maximum atomic E-state index is 14.2. The topological polar surface area (TPSA) is 86.8 Å². The molecular weight excluding hydrogens is 558 g/mol. The Morgan fingerprint density at radius 3 is 2.00 bits per heavy atom. The third-order valence-corrected chi connectivity index (χ3v) is 9.18. The SMILES string of the molecule is CC[C@H](C(=O)N[C@@H](C)CC)N(Cc1ccc(C)cc1)C(=O)CN(c1ccc(Cl)cc1C)S(=O)(=O)c1ccc(C)cc1. The minimum Gasteiger partial charge on any atom is -0.352 e. The first-order valence-corrected chi connectivity index (χ1v) is 15.7. The summed E-state index contributed by atoms with van der Waals surface area (Å²) in [5, 5.41) is 3.45. The largest absolute Gasteiger partial charge is 0.352 e. The van der Waals surface area contributed by atoms with Gasteiger partial charge in [-0.1, -0.05) is 73.0 Å². The van der Waals surface area contributed by atoms with Crippen LogP contribution in [0.1, 0.15) is 55.9 Å². The van der Waals surface area contributed by atoms with Crippen LogP contribution in [0.5, 0.6) is 0 Å². The van der Waals surface area contributed by atoms with E-state index in [-0.39, 0.29) is 23.4 Å². The molecule has 2 amide bonds. The van der Waals surface area contributed by atoms with E-state index < -0.39 is 28.5 Å². The van der Waals surface area contributed by atoms with E-state index in [4.69, 9.17) is 11.6 Å². The van der Waals surface area contributed by atoms with E-state index in [0.29, 0.717) is 22.7 Å². The Morgan fingerprint density at radius 1 is 0.878 bits per heavy atom. The molecule has 0 saturated heterocycles. The maximum Gasteiger partial charge on any atom is 0.264 e. The van der Waals surface area contributed by atoms with Gasteiger partial charge in [0.25, 0.3) is 10.0 Å². The molecule has 0 aliphatic carbocycles. The number of benzene rings is 3. The average Bonchev–Trinajstić information content (AvgIpc) is 2.93. The molecule has 3 aromatic carbocycles. The first-order chi connectivity index (χ1) is 19.4. The molecule has 0 radical (unpaired) electrons. The fourth-order valence-electron chi connectivity index (χ4n) is 4.50. The normalized spacial score (nSPS) is 12.9. The van der Waals surface area contributed by atoms with Gasteiger partial charge in [-0.25, -0.2) is 8.42 Å². The number of sulfonamides is 1. The van der Waals surface area contributed by atoms with Crippen molar-refractivity contribution in [3.8, 4) is 0 Å². The average molecular weight is 598 g/mol. The van der Waals surface area contributed by atoms with E-state index in [1.165, 1.54) is 17.0 Å². The van der Waals surface area contributed by atoms with Gasteiger partial charge in [-0.05, 0) is 82.0 Å². The van der Waals surface area contributed by atoms with Crippen LogP contribution in [0.2, 0.25) is 5.02 Å². The van der Waals surface area contributed by atoms with Crippen molar-refractivity contribution >= 4 is 39.1 Å². The van der Waals surface area contributed by atoms with E-state index in [2.05, 4.69) is 5.32 Å². The molecule has 0 aliphatic heterocycles. The van der Waals surface area contributed by atoms with Crippen molar-refractivity contribution in [2.75, 3.05) is 10.8 Å². The van der Waals surface area contributed by atoms with E-state index in [1.54, 1.807) is 37.3 Å². The van der Waals surface area contributed by atoms with E-state index in [0.717, 1.165) is 27.4 Å². The summed E-state index contributed by atoms with van der Waals surface area (Å²) in [7, 11) is -4.15. The summed E-state index contributed by atoms with van der Waals surface area (Å²) >= 11 is 6.19. The highest BCUT2D eigenvalue weighted by Gasteiger charge is 2.34. The highest BCUT2D eigenvalue weighted by atomic mass is 35.5. The quantitative estimate of drug-likeness (QED) is 0.270. The molecule has 0 unspecified atom stereocenters. The Hall–Kier alpha value is -3.36. The predicted molar refractivity (Wildman–Crippen MR) is 166 cm³/mol. The molecule has 0 saturated carbocycles. The number of anilines is 1. The third-order valence-electron chi connectivity index (χ3n) is 7.18. The van der Waals surface area contributed by atoms with E-state index in [9.17, 15) is 18.0 Å². The number of carbonyl (C=O) groups is 2. The summed E-state index contributed by atoms with van der Waals surface area (Å²) < 4.78 is 29.2. The van der Waals surface area contributed by atoms with Gasteiger partial charge in [0, 0.05) is 17.6 Å². The van der Waals surface area contributed by atoms with Crippen LogP contribution in [-0.2, 0) is 26.2 Å². The van der Waals surface area contributed by atoms with Gasteiger partial charge in [-0.15, -0.1) is 0 Å². The van der Waals surface area contributed by atoms with Crippen LogP contribution in [0.25, 0.3) is 0 Å². The van der Waals surface area contributed by atoms with Gasteiger partial charge in [0.05, 0.1) is 10.6 Å². The molecule has 1 N–H and O–H groups in total. The van der Waals surface area contributed by atoms with Gasteiger partial charge in [-0.2, -0.15) is 0 Å². The van der Waals surface area contributed by atoms with Crippen molar-refractivity contribution in [2.45, 2.75) is 77.9 Å². The van der Waals surface area contributed by atoms with Crippen LogP contribution in [0.3, 0.4) is 0 Å². The molecule has 3 rings (SSSR count). The highest BCUT2D eigenvalue weighted by molar-refractivity contribution is 7.92. The number of halogens is 1. The standard InChI is InChI=1S/C32H40ClN3O4S/c1-7-25(6)34-32(38)29(8-2)35(20-26-13-9-22(3)10-14-26)31(37)21-36(30-18-15-27(33)19-24(30)5)41(39,40)28-16-11-23(4)12-17-28/h9-19,25,29H,7-8,20-21H2,1-6H3,(H,34,38)/t25-,29+/m0/s1. The minimum atomic E-state index is -4.15. The number of nitrogens with zero attached hydrogens (tertiary/aromatic N) is 2. The van der Waals surface area contributed by atoms with Crippen LogP contribution < -0.4 is 9.62 Å². The Balaban J connectivity index is 2.09. The Labute approximate surface area is 249 Å². The Kier molecular flexibility index (Phi) is 11.0. The first-order valence-electron chi connectivity index (χ1n) is 13.9. The molecule has 7 nitrogen and oxygen atoms in total. The van der Waals surface area contributed by atoms with Crippen molar-refractivity contribution in [1.29, 1.82) is 0 Å². The smallest absolute Gasteiger partial charge is 0.264 e. The highest BCUT2D eigenvalue weighted by Crippen LogP contribution is 2.29. The van der Waals surface area contributed by atoms with Crippen LogP contribution >= 0.6 is 11.6 Å². The van der Waals surface area contributed by atoms with Gasteiger partial charge in [0.1, 0.15) is 12.6 Å². The number of hydrogen-bond donors (Lipinski definition) is 1. The van der Waals surface area contributed by atoms with Crippen LogP contribution in [0, 0.1) is 20.8 Å². The lowest BCUT2D eigenvalue weighted by molar-refractivity contribution is -0.140. The lowest BCUT2D eigenvalue weighted by Gasteiger charge is -2.34. The fraction of sp³-hybridized carbons (Fsp3) is 0.375. The zero-order valence-electron chi connectivity index (χ0n) is 24.6. The van der Waals surface area contributed by atoms with Crippen LogP contribution in [0.4, 0.5) is 5.69 Å². The Bertz CT molecular complexity index is 1460. The molecule has 0 aliphatic rings. The van der Waals surface area contributed by atoms with Gasteiger partial charge in [-0.3, -0.25) is 13.9 Å². The fourth-order valence-corrected chi connectivity index (χ4v) is 6.21.